The van der Waals surface area contributed by atoms with Crippen molar-refractivity contribution in [3.63, 3.8) is 0 Å². The van der Waals surface area contributed by atoms with Gasteiger partial charge in [-0.1, -0.05) is 6.92 Å². The summed E-state index contributed by atoms with van der Waals surface area (Å²) >= 11 is 0. The van der Waals surface area contributed by atoms with Gasteiger partial charge in [0.1, 0.15) is 0 Å². The molecule has 2 unspecified atom stereocenters. The van der Waals surface area contributed by atoms with Crippen LogP contribution in [0.4, 0.5) is 11.4 Å². The predicted octanol–water partition coefficient (Wildman–Crippen LogP) is 2.75. The summed E-state index contributed by atoms with van der Waals surface area (Å²) < 4.78 is 0. The Morgan fingerprint density at radius 2 is 2.19 bits per heavy atom. The van der Waals surface area contributed by atoms with Crippen molar-refractivity contribution in [1.82, 2.24) is 4.98 Å². The van der Waals surface area contributed by atoms with Crippen LogP contribution in [0.3, 0.4) is 0 Å². The second-order valence-electron chi connectivity index (χ2n) is 5.05. The Labute approximate surface area is 97.9 Å². The van der Waals surface area contributed by atoms with Crippen LogP contribution < -0.4 is 10.2 Å². The summed E-state index contributed by atoms with van der Waals surface area (Å²) in [4.78, 5) is 6.33. The van der Waals surface area contributed by atoms with Gasteiger partial charge in [0.25, 0.3) is 0 Å². The molecule has 0 saturated heterocycles. The minimum absolute atomic E-state index is 0.623. The van der Waals surface area contributed by atoms with Crippen LogP contribution in [0.25, 0.3) is 0 Å². The molecule has 1 fully saturated rings. The largest absolute Gasteiger partial charge is 0.379 e. The van der Waals surface area contributed by atoms with Crippen molar-refractivity contribution in [1.29, 1.82) is 0 Å². The molecule has 1 heterocycles. The maximum atomic E-state index is 4.20. The van der Waals surface area contributed by atoms with E-state index in [1.165, 1.54) is 24.9 Å². The zero-order valence-electron chi connectivity index (χ0n) is 10.4. The molecule has 0 bridgehead atoms. The molecule has 2 atom stereocenters. The number of rotatable bonds is 3. The highest BCUT2D eigenvalue weighted by Gasteiger charge is 2.21. The molecule has 0 aromatic carbocycles. The van der Waals surface area contributed by atoms with E-state index in [1.807, 2.05) is 12.4 Å². The van der Waals surface area contributed by atoms with Crippen LogP contribution >= 0.6 is 0 Å². The van der Waals surface area contributed by atoms with Gasteiger partial charge in [0.2, 0.25) is 0 Å². The fraction of sp³-hybridized carbons (Fsp3) is 0.615. The molecule has 1 aromatic heterocycles. The van der Waals surface area contributed by atoms with E-state index in [-0.39, 0.29) is 0 Å². The predicted molar refractivity (Wildman–Crippen MR) is 69.0 cm³/mol. The van der Waals surface area contributed by atoms with E-state index in [0.717, 1.165) is 11.6 Å². The van der Waals surface area contributed by atoms with E-state index in [4.69, 9.17) is 0 Å². The fourth-order valence-corrected chi connectivity index (χ4v) is 2.45. The van der Waals surface area contributed by atoms with Gasteiger partial charge in [-0.05, 0) is 31.2 Å². The first-order valence-electron chi connectivity index (χ1n) is 6.04. The van der Waals surface area contributed by atoms with E-state index in [9.17, 15) is 0 Å². The molecule has 1 saturated carbocycles. The van der Waals surface area contributed by atoms with Crippen LogP contribution in [0.15, 0.2) is 18.5 Å². The second-order valence-corrected chi connectivity index (χ2v) is 5.05. The fourth-order valence-electron chi connectivity index (χ4n) is 2.45. The average molecular weight is 219 g/mol. The molecule has 3 nitrogen and oxygen atoms in total. The molecule has 88 valence electrons. The second kappa shape index (κ2) is 4.73. The van der Waals surface area contributed by atoms with Gasteiger partial charge in [-0.25, -0.2) is 0 Å². The molecule has 0 spiro atoms. The van der Waals surface area contributed by atoms with Gasteiger partial charge in [-0.3, -0.25) is 4.98 Å². The molecule has 0 aliphatic heterocycles. The summed E-state index contributed by atoms with van der Waals surface area (Å²) in [5, 5.41) is 3.62. The zero-order valence-corrected chi connectivity index (χ0v) is 10.4. The highest BCUT2D eigenvalue weighted by Crippen LogP contribution is 2.30. The first-order valence-corrected chi connectivity index (χ1v) is 6.04. The number of hydrogen-bond acceptors (Lipinski definition) is 3. The molecule has 2 rings (SSSR count). The van der Waals surface area contributed by atoms with Crippen molar-refractivity contribution in [2.75, 3.05) is 24.3 Å². The lowest BCUT2D eigenvalue weighted by molar-refractivity contribution is 0.602. The third-order valence-electron chi connectivity index (χ3n) is 3.33. The van der Waals surface area contributed by atoms with Crippen LogP contribution in [-0.2, 0) is 0 Å². The quantitative estimate of drug-likeness (QED) is 0.847. The Hall–Kier alpha value is -1.25. The van der Waals surface area contributed by atoms with Crippen molar-refractivity contribution in [2.45, 2.75) is 32.2 Å². The van der Waals surface area contributed by atoms with Crippen molar-refractivity contribution >= 4 is 11.4 Å². The van der Waals surface area contributed by atoms with E-state index < -0.39 is 0 Å². The first kappa shape index (κ1) is 11.2. The summed E-state index contributed by atoms with van der Waals surface area (Å²) in [5.41, 5.74) is 2.38. The number of aromatic nitrogens is 1. The highest BCUT2D eigenvalue weighted by molar-refractivity contribution is 5.68. The number of pyridine rings is 1. The Morgan fingerprint density at radius 1 is 1.38 bits per heavy atom. The van der Waals surface area contributed by atoms with Gasteiger partial charge in [0.15, 0.2) is 0 Å². The summed E-state index contributed by atoms with van der Waals surface area (Å²) in [6, 6.07) is 2.68. The molecular weight excluding hydrogens is 198 g/mol. The summed E-state index contributed by atoms with van der Waals surface area (Å²) in [6.07, 6.45) is 7.68. The lowest BCUT2D eigenvalue weighted by atomic mass is 10.1. The molecule has 0 amide bonds. The normalized spacial score (nSPS) is 24.4. The van der Waals surface area contributed by atoms with Gasteiger partial charge >= 0.3 is 0 Å². The maximum absolute atomic E-state index is 4.20. The monoisotopic (exact) mass is 219 g/mol. The minimum Gasteiger partial charge on any atom is -0.379 e. The number of nitrogens with one attached hydrogen (secondary N) is 1. The Morgan fingerprint density at radius 3 is 2.81 bits per heavy atom. The molecule has 1 aliphatic carbocycles. The third-order valence-corrected chi connectivity index (χ3v) is 3.33. The molecule has 1 aliphatic rings. The van der Waals surface area contributed by atoms with Crippen LogP contribution in [-0.4, -0.2) is 25.1 Å². The minimum atomic E-state index is 0.623. The van der Waals surface area contributed by atoms with Crippen LogP contribution in [0.1, 0.15) is 26.2 Å². The molecule has 1 aromatic rings. The van der Waals surface area contributed by atoms with Crippen molar-refractivity contribution in [3.8, 4) is 0 Å². The lowest BCUT2D eigenvalue weighted by Gasteiger charge is -2.21. The third kappa shape index (κ3) is 2.46. The number of hydrogen-bond donors (Lipinski definition) is 1. The summed E-state index contributed by atoms with van der Waals surface area (Å²) in [6.45, 7) is 2.33. The molecule has 1 N–H and O–H groups in total. The zero-order chi connectivity index (χ0) is 11.5. The van der Waals surface area contributed by atoms with Crippen LogP contribution in [0.2, 0.25) is 0 Å². The summed E-state index contributed by atoms with van der Waals surface area (Å²) in [7, 11) is 4.13. The molecule has 3 heteroatoms. The Balaban J connectivity index is 2.09. The van der Waals surface area contributed by atoms with Crippen LogP contribution in [0, 0.1) is 5.92 Å². The van der Waals surface area contributed by atoms with E-state index in [0.29, 0.717) is 6.04 Å². The van der Waals surface area contributed by atoms with Crippen molar-refractivity contribution in [3.05, 3.63) is 18.5 Å². The van der Waals surface area contributed by atoms with Crippen molar-refractivity contribution in [2.24, 2.45) is 5.92 Å². The molecule has 0 radical (unpaired) electrons. The van der Waals surface area contributed by atoms with Crippen LogP contribution in [0.5, 0.6) is 0 Å². The Bertz CT molecular complexity index is 349. The topological polar surface area (TPSA) is 28.2 Å². The number of nitrogens with zero attached hydrogens (tertiary/aromatic N) is 2. The van der Waals surface area contributed by atoms with Gasteiger partial charge in [0.05, 0.1) is 17.6 Å². The van der Waals surface area contributed by atoms with Gasteiger partial charge < -0.3 is 10.2 Å². The molecular formula is C13H21N3. The number of anilines is 2. The van der Waals surface area contributed by atoms with Gasteiger partial charge in [-0.15, -0.1) is 0 Å². The maximum Gasteiger partial charge on any atom is 0.0766 e. The SMILES string of the molecule is CC1CCC(Nc2cnccc2N(C)C)C1. The van der Waals surface area contributed by atoms with Crippen molar-refractivity contribution < 1.29 is 0 Å². The molecule has 16 heavy (non-hydrogen) atoms. The smallest absolute Gasteiger partial charge is 0.0766 e. The average Bonchev–Trinajstić information content (AvgIpc) is 2.64. The summed E-state index contributed by atoms with van der Waals surface area (Å²) in [5.74, 6) is 0.858. The first-order chi connectivity index (χ1) is 7.66. The van der Waals surface area contributed by atoms with E-state index >= 15 is 0 Å². The Kier molecular flexibility index (Phi) is 3.32. The van der Waals surface area contributed by atoms with Gasteiger partial charge in [-0.2, -0.15) is 0 Å². The van der Waals surface area contributed by atoms with E-state index in [1.54, 1.807) is 0 Å². The standard InChI is InChI=1S/C13H21N3/c1-10-4-5-11(8-10)15-12-9-14-7-6-13(12)16(2)3/h6-7,9-11,15H,4-5,8H2,1-3H3. The van der Waals surface area contributed by atoms with Gasteiger partial charge in [0, 0.05) is 26.3 Å². The lowest BCUT2D eigenvalue weighted by Crippen LogP contribution is -2.19. The van der Waals surface area contributed by atoms with E-state index in [2.05, 4.69) is 42.3 Å². The highest BCUT2D eigenvalue weighted by atomic mass is 15.1.